The van der Waals surface area contributed by atoms with Crippen LogP contribution in [0.25, 0.3) is 0 Å². The fraction of sp³-hybridized carbons (Fsp3) is 0.934. The van der Waals surface area contributed by atoms with Crippen molar-refractivity contribution in [1.29, 1.82) is 0 Å². The molecular weight excluding hydrogens is 1180 g/mol. The van der Waals surface area contributed by atoms with Crippen LogP contribution < -0.4 is 0 Å². The first-order valence-corrected chi connectivity index (χ1v) is 31.7. The summed E-state index contributed by atoms with van der Waals surface area (Å²) >= 11 is 0. The van der Waals surface area contributed by atoms with Gasteiger partial charge in [0.1, 0.15) is 110 Å². The summed E-state index contributed by atoms with van der Waals surface area (Å²) < 4.78 is 65.8. The Kier molecular flexibility index (Phi) is 20.3. The number of rotatable bonds is 15. The summed E-state index contributed by atoms with van der Waals surface area (Å²) in [7, 11) is 0. The summed E-state index contributed by atoms with van der Waals surface area (Å²) in [6.07, 6.45) is -32.0. The molecule has 0 aromatic carbocycles. The summed E-state index contributed by atoms with van der Waals surface area (Å²) in [5.74, 6) is -1.54. The molecule has 5 heterocycles. The van der Waals surface area contributed by atoms with Crippen molar-refractivity contribution in [1.82, 2.24) is 0 Å². The van der Waals surface area contributed by atoms with Crippen LogP contribution in [0.5, 0.6) is 0 Å². The van der Waals surface area contributed by atoms with Crippen molar-refractivity contribution >= 4 is 11.9 Å². The number of ether oxygens (including phenoxy) is 11. The van der Waals surface area contributed by atoms with Crippen LogP contribution in [-0.2, 0) is 61.7 Å². The number of carbonyl (C=O) groups excluding carboxylic acids is 2. The minimum Gasteiger partial charge on any atom is -0.465 e. The Morgan fingerprint density at radius 2 is 1.15 bits per heavy atom. The highest BCUT2D eigenvalue weighted by Gasteiger charge is 2.71. The van der Waals surface area contributed by atoms with Gasteiger partial charge in [-0.3, -0.25) is 9.59 Å². The summed E-state index contributed by atoms with van der Waals surface area (Å²) in [5, 5.41) is 161. The molecule has 510 valence electrons. The van der Waals surface area contributed by atoms with Crippen LogP contribution in [0.1, 0.15) is 120 Å². The van der Waals surface area contributed by atoms with E-state index in [1.54, 1.807) is 0 Å². The average Bonchev–Trinajstić information content (AvgIpc) is 0.678. The van der Waals surface area contributed by atoms with Gasteiger partial charge in [-0.25, -0.2) is 0 Å². The van der Waals surface area contributed by atoms with E-state index >= 15 is 4.79 Å². The van der Waals surface area contributed by atoms with E-state index in [1.165, 1.54) is 13.8 Å². The van der Waals surface area contributed by atoms with E-state index in [-0.39, 0.29) is 41.8 Å². The van der Waals surface area contributed by atoms with Crippen LogP contribution in [0.4, 0.5) is 0 Å². The van der Waals surface area contributed by atoms with Gasteiger partial charge in [0.05, 0.1) is 50.7 Å². The number of aliphatic hydroxyl groups is 15. The molecule has 28 nitrogen and oxygen atoms in total. The SMILES string of the molecule is CC(=O)OC[C@@]1(C)[C@@H]2CC[C@]3(C)[C@H](CC=C4[C@@H]5CC(C)(C)CC[C@]5(C(=O)O[C@@H]5O[C@H](CO[C@@H]6O[C@H](CO)[C@@H](O)[C@H](O)[C@H]6O)[C@@H](O)[C@H](O)[C@H]5O)CC[C@]43C)[C@@]2(C)CC[C@@H]1O[C@@H]1OC[C@H](O)[C@H](O)[C@H]1O[C@@H]1O[C@@H](C)[C@H](O)[C@@H](O[C@@H]2O[C@H](CO)[C@@H](O)[C@H](O)[C@H]2O)[C@H]1O. The molecule has 0 radical (unpaired) electrons. The lowest BCUT2D eigenvalue weighted by Gasteiger charge is -2.71. The maximum Gasteiger partial charge on any atom is 0.315 e. The largest absolute Gasteiger partial charge is 0.465 e. The Balaban J connectivity index is 0.874. The Morgan fingerprint density at radius 1 is 0.573 bits per heavy atom. The van der Waals surface area contributed by atoms with Gasteiger partial charge in [-0.1, -0.05) is 53.2 Å². The van der Waals surface area contributed by atoms with E-state index in [9.17, 15) is 81.4 Å². The van der Waals surface area contributed by atoms with Gasteiger partial charge in [-0.2, -0.15) is 0 Å². The zero-order valence-corrected chi connectivity index (χ0v) is 51.9. The monoisotopic (exact) mass is 1280 g/mol. The lowest BCUT2D eigenvalue weighted by molar-refractivity contribution is -0.383. The molecule has 5 aliphatic heterocycles. The smallest absolute Gasteiger partial charge is 0.315 e. The lowest BCUT2D eigenvalue weighted by atomic mass is 9.33. The first-order valence-electron chi connectivity index (χ1n) is 31.7. The molecule has 0 aromatic rings. The van der Waals surface area contributed by atoms with E-state index in [0.717, 1.165) is 12.0 Å². The summed E-state index contributed by atoms with van der Waals surface area (Å²) in [6.45, 7) is 13.6. The van der Waals surface area contributed by atoms with Gasteiger partial charge in [0.2, 0.25) is 6.29 Å². The molecule has 9 fully saturated rings. The highest BCUT2D eigenvalue weighted by molar-refractivity contribution is 5.79. The second kappa shape index (κ2) is 26.0. The molecule has 0 amide bonds. The molecule has 10 aliphatic rings. The van der Waals surface area contributed by atoms with Crippen LogP contribution in [0.3, 0.4) is 0 Å². The third-order valence-corrected chi connectivity index (χ3v) is 23.5. The molecule has 4 saturated carbocycles. The normalized spacial score (nSPS) is 53.2. The van der Waals surface area contributed by atoms with Gasteiger partial charge < -0.3 is 129 Å². The summed E-state index contributed by atoms with van der Waals surface area (Å²) in [5.41, 5.74) is -2.25. The molecule has 89 heavy (non-hydrogen) atoms. The second-order valence-corrected chi connectivity index (χ2v) is 29.1. The van der Waals surface area contributed by atoms with Crippen LogP contribution >= 0.6 is 0 Å². The molecule has 33 atom stereocenters. The predicted octanol–water partition coefficient (Wildman–Crippen LogP) is -3.00. The first kappa shape index (κ1) is 69.5. The highest BCUT2D eigenvalue weighted by atomic mass is 16.8. The summed E-state index contributed by atoms with van der Waals surface area (Å²) in [6, 6.07) is 0. The maximum atomic E-state index is 15.2. The molecule has 28 heteroatoms. The Bertz CT molecular complexity index is 2510. The van der Waals surface area contributed by atoms with E-state index < -0.39 is 207 Å². The van der Waals surface area contributed by atoms with Gasteiger partial charge in [-0.05, 0) is 111 Å². The van der Waals surface area contributed by atoms with Crippen LogP contribution in [0.15, 0.2) is 11.6 Å². The highest BCUT2D eigenvalue weighted by Crippen LogP contribution is 2.76. The quantitative estimate of drug-likeness (QED) is 0.0441. The van der Waals surface area contributed by atoms with E-state index in [4.69, 9.17) is 52.1 Å². The minimum atomic E-state index is -1.89. The van der Waals surface area contributed by atoms with E-state index in [0.29, 0.717) is 57.8 Å². The van der Waals surface area contributed by atoms with Gasteiger partial charge in [0.15, 0.2) is 25.2 Å². The topological polar surface area (TPSA) is 439 Å². The van der Waals surface area contributed by atoms with Crippen molar-refractivity contribution in [3.05, 3.63) is 11.6 Å². The van der Waals surface area contributed by atoms with Crippen molar-refractivity contribution in [2.75, 3.05) is 33.0 Å². The molecule has 15 N–H and O–H groups in total. The fourth-order valence-corrected chi connectivity index (χ4v) is 17.8. The molecule has 5 aliphatic carbocycles. The zero-order chi connectivity index (χ0) is 65.0. The van der Waals surface area contributed by atoms with Gasteiger partial charge >= 0.3 is 11.9 Å². The molecular formula is C61H98O28. The van der Waals surface area contributed by atoms with Gasteiger partial charge in [0, 0.05) is 12.3 Å². The number of hydrogen-bond donors (Lipinski definition) is 15. The molecule has 0 aromatic heterocycles. The van der Waals surface area contributed by atoms with Crippen molar-refractivity contribution < 1.29 is 138 Å². The first-order chi connectivity index (χ1) is 41.7. The molecule has 10 rings (SSSR count). The Morgan fingerprint density at radius 3 is 1.79 bits per heavy atom. The van der Waals surface area contributed by atoms with Crippen molar-refractivity contribution in [2.45, 2.75) is 273 Å². The van der Waals surface area contributed by atoms with Crippen LogP contribution in [0, 0.1) is 50.2 Å². The van der Waals surface area contributed by atoms with Gasteiger partial charge in [0.25, 0.3) is 0 Å². The third kappa shape index (κ3) is 12.1. The van der Waals surface area contributed by atoms with Crippen molar-refractivity contribution in [2.24, 2.45) is 50.2 Å². The average molecular weight is 1280 g/mol. The molecule has 0 spiro atoms. The standard InChI is InChI=1S/C61H98O28/c1-25-36(66)48(87-51-45(75)42(72)39(69)31(21-63)84-51)47(77)53(82-25)88-49-37(67)29(65)22-79-54(49)86-35-12-13-57(5)33(58(35,6)24-81-26(2)64)11-14-60(8)34(57)10-9-27-28-19-56(3,4)15-17-61(28,18-16-59(27,60)7)55(78)89-52-46(76)43(73)40(70)32(85-52)23-80-50-44(74)41(71)38(68)30(20-62)83-50/h9,25,28-54,62-63,65-77H,10-24H2,1-8H3/t25-,28-,29-,30+,31+,32+,33+,34+,35-,36-,37-,38+,39+,40+,41-,42-,43-,44+,45+,46+,47+,48+,49+,50+,51-,52-,53-,54-,57-,58-,59+,60+,61-/m0/s1. The van der Waals surface area contributed by atoms with Crippen molar-refractivity contribution in [3.8, 4) is 0 Å². The summed E-state index contributed by atoms with van der Waals surface area (Å²) in [4.78, 5) is 28.0. The van der Waals surface area contributed by atoms with Gasteiger partial charge in [-0.15, -0.1) is 0 Å². The minimum absolute atomic E-state index is 0.0522. The van der Waals surface area contributed by atoms with E-state index in [1.807, 2.05) is 6.92 Å². The number of esters is 2. The third-order valence-electron chi connectivity index (χ3n) is 23.5. The molecule has 0 bridgehead atoms. The number of carbonyl (C=O) groups is 2. The van der Waals surface area contributed by atoms with Crippen LogP contribution in [-0.4, -0.2) is 275 Å². The molecule has 5 saturated heterocycles. The Labute approximate surface area is 516 Å². The number of fused-ring (bicyclic) bond motifs is 7. The number of aliphatic hydroxyl groups excluding tert-OH is 15. The van der Waals surface area contributed by atoms with Crippen LogP contribution in [0.2, 0.25) is 0 Å². The fourth-order valence-electron chi connectivity index (χ4n) is 17.8. The lowest BCUT2D eigenvalue weighted by Crippen LogP contribution is -2.67. The maximum absolute atomic E-state index is 15.2. The number of allylic oxidation sites excluding steroid dienone is 2. The molecule has 0 unspecified atom stereocenters. The predicted molar refractivity (Wildman–Crippen MR) is 299 cm³/mol. The Hall–Kier alpha value is -2.28. The zero-order valence-electron chi connectivity index (χ0n) is 51.9. The number of hydrogen-bond acceptors (Lipinski definition) is 28. The van der Waals surface area contributed by atoms with E-state index in [2.05, 4.69) is 40.7 Å². The second-order valence-electron chi connectivity index (χ2n) is 29.1. The van der Waals surface area contributed by atoms with Crippen molar-refractivity contribution in [3.63, 3.8) is 0 Å².